The molecular weight excluding hydrogens is 385 g/mol. The van der Waals surface area contributed by atoms with Crippen molar-refractivity contribution in [3.63, 3.8) is 0 Å². The van der Waals surface area contributed by atoms with Crippen LogP contribution >= 0.6 is 22.6 Å². The van der Waals surface area contributed by atoms with Gasteiger partial charge in [-0.3, -0.25) is 14.2 Å². The number of halogens is 1. The molecule has 110 valence electrons. The predicted octanol–water partition coefficient (Wildman–Crippen LogP) is 0.965. The Bertz CT molecular complexity index is 823. The maximum absolute atomic E-state index is 12.5. The first-order valence-electron chi connectivity index (χ1n) is 6.14. The van der Waals surface area contributed by atoms with Crippen LogP contribution in [-0.4, -0.2) is 22.1 Å². The van der Waals surface area contributed by atoms with Crippen molar-refractivity contribution in [2.75, 3.05) is 11.9 Å². The van der Waals surface area contributed by atoms with Gasteiger partial charge in [0.2, 0.25) is 0 Å². The van der Waals surface area contributed by atoms with Crippen LogP contribution < -0.4 is 16.1 Å². The molecule has 0 radical (unpaired) electrons. The van der Waals surface area contributed by atoms with Crippen LogP contribution in [0.25, 0.3) is 0 Å². The van der Waals surface area contributed by atoms with Crippen molar-refractivity contribution in [2.45, 2.75) is 0 Å². The van der Waals surface area contributed by atoms with Crippen molar-refractivity contribution < 1.29 is 4.79 Å². The van der Waals surface area contributed by atoms with Gasteiger partial charge in [0.1, 0.15) is 5.69 Å². The molecule has 0 atom stereocenters. The molecule has 0 aliphatic heterocycles. The summed E-state index contributed by atoms with van der Waals surface area (Å²) in [5, 5.41) is 0. The fourth-order valence-electron chi connectivity index (χ4n) is 1.94. The summed E-state index contributed by atoms with van der Waals surface area (Å²) in [4.78, 5) is 37.6. The first-order valence-corrected chi connectivity index (χ1v) is 7.21. The third-order valence-corrected chi connectivity index (χ3v) is 4.14. The Balaban J connectivity index is 2.54. The minimum absolute atomic E-state index is 0.157. The largest absolute Gasteiger partial charge is 0.330 e. The SMILES string of the molecule is CN(C(=O)c1ccccc1I)c1cn(C)c(=O)n(C)c1=O. The standard InChI is InChI=1S/C14H14IN3O3/c1-16-8-11(13(20)18(3)14(16)21)17(2)12(19)9-6-4-5-7-10(9)15/h4-8H,1-3H3. The van der Waals surface area contributed by atoms with Gasteiger partial charge in [-0.05, 0) is 34.7 Å². The molecule has 0 saturated heterocycles. The summed E-state index contributed by atoms with van der Waals surface area (Å²) in [6.45, 7) is 0. The maximum atomic E-state index is 12.5. The zero-order chi connectivity index (χ0) is 15.7. The summed E-state index contributed by atoms with van der Waals surface area (Å²) >= 11 is 2.07. The van der Waals surface area contributed by atoms with Gasteiger partial charge >= 0.3 is 5.69 Å². The van der Waals surface area contributed by atoms with Crippen LogP contribution in [0.15, 0.2) is 40.1 Å². The van der Waals surface area contributed by atoms with Gasteiger partial charge in [-0.2, -0.15) is 0 Å². The molecule has 0 spiro atoms. The second kappa shape index (κ2) is 5.84. The third kappa shape index (κ3) is 2.78. The summed E-state index contributed by atoms with van der Waals surface area (Å²) in [5.41, 5.74) is -0.264. The van der Waals surface area contributed by atoms with E-state index in [9.17, 15) is 14.4 Å². The van der Waals surface area contributed by atoms with Crippen molar-refractivity contribution >= 4 is 34.2 Å². The molecule has 0 fully saturated rings. The third-order valence-electron chi connectivity index (χ3n) is 3.20. The van der Waals surface area contributed by atoms with Crippen molar-refractivity contribution in [3.05, 3.63) is 60.4 Å². The second-order valence-corrected chi connectivity index (χ2v) is 5.78. The normalized spacial score (nSPS) is 10.5. The predicted molar refractivity (Wildman–Crippen MR) is 88.8 cm³/mol. The van der Waals surface area contributed by atoms with E-state index < -0.39 is 11.2 Å². The monoisotopic (exact) mass is 399 g/mol. The minimum Gasteiger partial charge on any atom is -0.305 e. The molecule has 1 aromatic heterocycles. The molecule has 0 aliphatic rings. The molecule has 6 nitrogen and oxygen atoms in total. The molecule has 0 N–H and O–H groups in total. The summed E-state index contributed by atoms with van der Waals surface area (Å²) in [6.07, 6.45) is 1.37. The molecule has 0 saturated carbocycles. The Hall–Kier alpha value is -1.90. The van der Waals surface area contributed by atoms with E-state index in [2.05, 4.69) is 22.6 Å². The molecule has 0 bridgehead atoms. The van der Waals surface area contributed by atoms with Crippen LogP contribution in [-0.2, 0) is 14.1 Å². The highest BCUT2D eigenvalue weighted by atomic mass is 127. The van der Waals surface area contributed by atoms with Crippen molar-refractivity contribution in [3.8, 4) is 0 Å². The lowest BCUT2D eigenvalue weighted by atomic mass is 10.2. The van der Waals surface area contributed by atoms with Gasteiger partial charge in [-0.15, -0.1) is 0 Å². The number of benzene rings is 1. The summed E-state index contributed by atoms with van der Waals surface area (Å²) in [7, 11) is 4.45. The molecule has 1 amide bonds. The smallest absolute Gasteiger partial charge is 0.305 e. The number of anilines is 1. The van der Waals surface area contributed by atoms with Crippen LogP contribution in [0.4, 0.5) is 5.69 Å². The molecule has 2 aromatic rings. The zero-order valence-corrected chi connectivity index (χ0v) is 14.0. The number of hydrogen-bond donors (Lipinski definition) is 0. The quantitative estimate of drug-likeness (QED) is 0.707. The Morgan fingerprint density at radius 3 is 2.43 bits per heavy atom. The molecular formula is C14H14IN3O3. The molecule has 21 heavy (non-hydrogen) atoms. The number of carbonyl (C=O) groups is 1. The number of carbonyl (C=O) groups excluding carboxylic acids is 1. The van der Waals surface area contributed by atoms with E-state index >= 15 is 0 Å². The van der Waals surface area contributed by atoms with E-state index in [0.717, 1.165) is 8.14 Å². The van der Waals surface area contributed by atoms with Gasteiger partial charge in [0, 0.05) is 30.9 Å². The van der Waals surface area contributed by atoms with Crippen molar-refractivity contribution in [1.29, 1.82) is 0 Å². The summed E-state index contributed by atoms with van der Waals surface area (Å²) in [6, 6.07) is 7.12. The van der Waals surface area contributed by atoms with Gasteiger partial charge in [0.15, 0.2) is 0 Å². The molecule has 1 aromatic carbocycles. The lowest BCUT2D eigenvalue weighted by Gasteiger charge is -2.18. The maximum Gasteiger partial charge on any atom is 0.330 e. The topological polar surface area (TPSA) is 64.3 Å². The molecule has 0 unspecified atom stereocenters. The molecule has 2 rings (SSSR count). The average molecular weight is 399 g/mol. The summed E-state index contributed by atoms with van der Waals surface area (Å²) in [5.74, 6) is -0.296. The van der Waals surface area contributed by atoms with Crippen LogP contribution in [0.1, 0.15) is 10.4 Å². The highest BCUT2D eigenvalue weighted by Gasteiger charge is 2.20. The fraction of sp³-hybridized carbons (Fsp3) is 0.214. The van der Waals surface area contributed by atoms with Crippen LogP contribution in [0.2, 0.25) is 0 Å². The van der Waals surface area contributed by atoms with E-state index in [1.807, 2.05) is 12.1 Å². The highest BCUT2D eigenvalue weighted by molar-refractivity contribution is 14.1. The number of amides is 1. The van der Waals surface area contributed by atoms with E-state index in [1.54, 1.807) is 12.1 Å². The molecule has 1 heterocycles. The zero-order valence-electron chi connectivity index (χ0n) is 11.8. The number of aryl methyl sites for hydroxylation is 1. The van der Waals surface area contributed by atoms with E-state index in [0.29, 0.717) is 5.56 Å². The minimum atomic E-state index is -0.500. The number of rotatable bonds is 2. The van der Waals surface area contributed by atoms with Gasteiger partial charge in [0.05, 0.1) is 5.56 Å². The van der Waals surface area contributed by atoms with Crippen molar-refractivity contribution in [2.24, 2.45) is 14.1 Å². The van der Waals surface area contributed by atoms with Crippen LogP contribution in [0, 0.1) is 3.57 Å². The van der Waals surface area contributed by atoms with Gasteiger partial charge in [-0.25, -0.2) is 4.79 Å². The van der Waals surface area contributed by atoms with Gasteiger partial charge in [-0.1, -0.05) is 12.1 Å². The first-order chi connectivity index (χ1) is 9.84. The van der Waals surface area contributed by atoms with Crippen LogP contribution in [0.3, 0.4) is 0 Å². The first kappa shape index (κ1) is 15.5. The Kier molecular flexibility index (Phi) is 4.31. The van der Waals surface area contributed by atoms with E-state index in [-0.39, 0.29) is 11.6 Å². The molecule has 0 aliphatic carbocycles. The Morgan fingerprint density at radius 1 is 1.19 bits per heavy atom. The lowest BCUT2D eigenvalue weighted by molar-refractivity contribution is 0.0991. The van der Waals surface area contributed by atoms with Crippen LogP contribution in [0.5, 0.6) is 0 Å². The van der Waals surface area contributed by atoms with E-state index in [4.69, 9.17) is 0 Å². The Morgan fingerprint density at radius 2 is 1.81 bits per heavy atom. The lowest BCUT2D eigenvalue weighted by Crippen LogP contribution is -2.41. The van der Waals surface area contributed by atoms with Crippen molar-refractivity contribution in [1.82, 2.24) is 9.13 Å². The fourth-order valence-corrected chi connectivity index (χ4v) is 2.56. The van der Waals surface area contributed by atoms with Gasteiger partial charge < -0.3 is 9.47 Å². The highest BCUT2D eigenvalue weighted by Crippen LogP contribution is 2.15. The van der Waals surface area contributed by atoms with E-state index in [1.165, 1.54) is 36.8 Å². The number of nitrogens with zero attached hydrogens (tertiary/aromatic N) is 3. The van der Waals surface area contributed by atoms with Gasteiger partial charge in [0.25, 0.3) is 11.5 Å². The molecule has 7 heteroatoms. The number of aromatic nitrogens is 2. The average Bonchev–Trinajstić information content (AvgIpc) is 2.48. The summed E-state index contributed by atoms with van der Waals surface area (Å²) < 4.78 is 3.06. The number of hydrogen-bond acceptors (Lipinski definition) is 3. The Labute approximate surface area is 134 Å². The second-order valence-electron chi connectivity index (χ2n) is 4.62.